The molecule has 0 radical (unpaired) electrons. The van der Waals surface area contributed by atoms with Crippen LogP contribution in [-0.4, -0.2) is 50.3 Å². The van der Waals surface area contributed by atoms with Crippen LogP contribution in [0.3, 0.4) is 0 Å². The number of nitrogens with zero attached hydrogens (tertiary/aromatic N) is 2. The van der Waals surface area contributed by atoms with E-state index in [9.17, 15) is 24.5 Å². The van der Waals surface area contributed by atoms with Crippen LogP contribution in [0.4, 0.5) is 10.2 Å². The predicted octanol–water partition coefficient (Wildman–Crippen LogP) is -2.25. The normalized spacial score (nSPS) is 31.4. The predicted molar refractivity (Wildman–Crippen MR) is 60.5 cm³/mol. The Hall–Kier alpha value is -1.55. The molecule has 1 aliphatic rings. The molecule has 0 amide bonds. The van der Waals surface area contributed by atoms with Crippen molar-refractivity contribution >= 4 is 5.82 Å². The third kappa shape index (κ3) is 2.10. The average Bonchev–Trinajstić information content (AvgIpc) is 2.37. The van der Waals surface area contributed by atoms with Crippen LogP contribution in [0.1, 0.15) is 6.42 Å². The van der Waals surface area contributed by atoms with Crippen LogP contribution in [0, 0.1) is 5.82 Å². The van der Waals surface area contributed by atoms with E-state index >= 15 is 0 Å². The smallest absolute Gasteiger partial charge is 0.352 e. The van der Waals surface area contributed by atoms with Gasteiger partial charge in [0.05, 0.1) is 12.8 Å². The molecule has 5 N–H and O–H groups in total. The van der Waals surface area contributed by atoms with Gasteiger partial charge in [0.15, 0.2) is 11.6 Å². The Kier molecular flexibility index (Phi) is 3.54. The third-order valence-corrected chi connectivity index (χ3v) is 3.14. The number of aliphatic hydroxyl groups excluding tert-OH is 2. The number of nitrogen functional groups attached to an aromatic ring is 1. The van der Waals surface area contributed by atoms with Crippen LogP contribution in [0.25, 0.3) is 0 Å². The lowest BCUT2D eigenvalue weighted by Crippen LogP contribution is -2.62. The van der Waals surface area contributed by atoms with Crippen LogP contribution in [-0.2, 0) is 10.5 Å². The van der Waals surface area contributed by atoms with E-state index in [2.05, 4.69) is 4.98 Å². The number of rotatable bonds is 2. The minimum atomic E-state index is -2.30. The fourth-order valence-corrected chi connectivity index (χ4v) is 2.08. The van der Waals surface area contributed by atoms with Crippen molar-refractivity contribution in [1.29, 1.82) is 0 Å². The lowest BCUT2D eigenvalue weighted by atomic mass is 9.94. The number of aliphatic hydroxyl groups is 3. The van der Waals surface area contributed by atoms with Crippen molar-refractivity contribution in [3.05, 3.63) is 22.5 Å². The molecule has 0 aliphatic carbocycles. The van der Waals surface area contributed by atoms with E-state index in [0.717, 1.165) is 0 Å². The second-order valence-corrected chi connectivity index (χ2v) is 4.26. The molecule has 106 valence electrons. The van der Waals surface area contributed by atoms with Gasteiger partial charge in [-0.25, -0.2) is 9.18 Å². The molecule has 0 bridgehead atoms. The maximum absolute atomic E-state index is 13.4. The summed E-state index contributed by atoms with van der Waals surface area (Å²) in [6.45, 7) is -0.569. The van der Waals surface area contributed by atoms with Crippen LogP contribution >= 0.6 is 0 Å². The van der Waals surface area contributed by atoms with Gasteiger partial charge in [-0.2, -0.15) is 4.98 Å². The topological polar surface area (TPSA) is 131 Å². The highest BCUT2D eigenvalue weighted by Crippen LogP contribution is 2.30. The maximum Gasteiger partial charge on any atom is 0.352 e. The quantitative estimate of drug-likeness (QED) is 0.479. The van der Waals surface area contributed by atoms with Crippen LogP contribution in [0.5, 0.6) is 0 Å². The second kappa shape index (κ2) is 4.85. The van der Waals surface area contributed by atoms with Crippen LogP contribution in [0.15, 0.2) is 11.0 Å². The van der Waals surface area contributed by atoms with Gasteiger partial charge < -0.3 is 25.8 Å². The molecule has 0 unspecified atom stereocenters. The highest BCUT2D eigenvalue weighted by molar-refractivity contribution is 5.27. The lowest BCUT2D eigenvalue weighted by molar-refractivity contribution is -0.257. The van der Waals surface area contributed by atoms with Crippen molar-refractivity contribution in [2.75, 3.05) is 18.9 Å². The van der Waals surface area contributed by atoms with Crippen molar-refractivity contribution in [2.24, 2.45) is 0 Å². The van der Waals surface area contributed by atoms with E-state index in [4.69, 9.17) is 10.5 Å². The van der Waals surface area contributed by atoms with E-state index in [1.807, 2.05) is 0 Å². The second-order valence-electron chi connectivity index (χ2n) is 4.26. The monoisotopic (exact) mass is 275 g/mol. The zero-order chi connectivity index (χ0) is 14.2. The largest absolute Gasteiger partial charge is 0.393 e. The van der Waals surface area contributed by atoms with E-state index in [0.29, 0.717) is 10.8 Å². The van der Waals surface area contributed by atoms with E-state index in [1.54, 1.807) is 0 Å². The molecule has 8 nitrogen and oxygen atoms in total. The summed E-state index contributed by atoms with van der Waals surface area (Å²) < 4.78 is 19.0. The average molecular weight is 275 g/mol. The Labute approximate surface area is 106 Å². The number of hydrogen-bond acceptors (Lipinski definition) is 7. The molecule has 2 rings (SSSR count). The highest BCUT2D eigenvalue weighted by Gasteiger charge is 2.49. The lowest BCUT2D eigenvalue weighted by Gasteiger charge is -2.43. The van der Waals surface area contributed by atoms with Gasteiger partial charge in [0, 0.05) is 13.0 Å². The van der Waals surface area contributed by atoms with Gasteiger partial charge in [-0.15, -0.1) is 0 Å². The van der Waals surface area contributed by atoms with Gasteiger partial charge in [-0.05, 0) is 0 Å². The summed E-state index contributed by atoms with van der Waals surface area (Å²) in [5, 5.41) is 29.5. The van der Waals surface area contributed by atoms with E-state index in [1.165, 1.54) is 0 Å². The summed E-state index contributed by atoms with van der Waals surface area (Å²) in [5.74, 6) is -1.64. The minimum absolute atomic E-state index is 0.0193. The number of ether oxygens (including phenoxy) is 1. The first-order valence-electron chi connectivity index (χ1n) is 5.59. The van der Waals surface area contributed by atoms with Gasteiger partial charge >= 0.3 is 5.69 Å². The molecule has 1 saturated heterocycles. The molecule has 0 aromatic carbocycles. The molecule has 19 heavy (non-hydrogen) atoms. The third-order valence-electron chi connectivity index (χ3n) is 3.14. The zero-order valence-corrected chi connectivity index (χ0v) is 9.86. The minimum Gasteiger partial charge on any atom is -0.393 e. The maximum atomic E-state index is 13.4. The molecule has 9 heteroatoms. The van der Waals surface area contributed by atoms with Crippen molar-refractivity contribution in [2.45, 2.75) is 24.4 Å². The Morgan fingerprint density at radius 2 is 2.37 bits per heavy atom. The van der Waals surface area contributed by atoms with Crippen molar-refractivity contribution in [3.63, 3.8) is 0 Å². The SMILES string of the molecule is Nc1nc(=O)n([C@@]2(O)[C@H](O)CCO[C@@H]2CO)cc1F. The van der Waals surface area contributed by atoms with Gasteiger partial charge in [0.1, 0.15) is 12.2 Å². The molecule has 3 atom stereocenters. The molecule has 1 aromatic heterocycles. The van der Waals surface area contributed by atoms with Gasteiger partial charge in [-0.3, -0.25) is 4.57 Å². The fraction of sp³-hybridized carbons (Fsp3) is 0.600. The van der Waals surface area contributed by atoms with Gasteiger partial charge in [0.25, 0.3) is 0 Å². The molecule has 0 saturated carbocycles. The molecule has 1 aromatic rings. The molecule has 1 aliphatic heterocycles. The van der Waals surface area contributed by atoms with E-state index in [-0.39, 0.29) is 13.0 Å². The van der Waals surface area contributed by atoms with Crippen LogP contribution < -0.4 is 11.4 Å². The number of aromatic nitrogens is 2. The summed E-state index contributed by atoms with van der Waals surface area (Å²) in [6.07, 6.45) is -2.05. The van der Waals surface area contributed by atoms with Crippen molar-refractivity contribution in [1.82, 2.24) is 9.55 Å². The first kappa shape index (κ1) is 13.9. The molecular weight excluding hydrogens is 261 g/mol. The summed E-state index contributed by atoms with van der Waals surface area (Å²) in [5.41, 5.74) is 1.79. The van der Waals surface area contributed by atoms with Crippen LogP contribution in [0.2, 0.25) is 0 Å². The Bertz CT molecular complexity index is 536. The molecule has 0 spiro atoms. The van der Waals surface area contributed by atoms with Crippen molar-refractivity contribution in [3.8, 4) is 0 Å². The zero-order valence-electron chi connectivity index (χ0n) is 9.86. The first-order valence-corrected chi connectivity index (χ1v) is 5.59. The first-order chi connectivity index (χ1) is 8.91. The van der Waals surface area contributed by atoms with Gasteiger partial charge in [-0.1, -0.05) is 0 Å². The highest BCUT2D eigenvalue weighted by atomic mass is 19.1. The summed E-state index contributed by atoms with van der Waals surface area (Å²) in [6, 6.07) is 0. The van der Waals surface area contributed by atoms with Crippen molar-refractivity contribution < 1.29 is 24.4 Å². The Balaban J connectivity index is 2.59. The standard InChI is InChI=1S/C10H14FN3O5/c11-5-3-14(9(17)13-8(5)12)10(18)6(16)1-2-19-7(10)4-15/h3,6-7,15-16,18H,1-2,4H2,(H2,12,13,17)/t6-,7-,10-/m1/s1. The summed E-state index contributed by atoms with van der Waals surface area (Å²) >= 11 is 0. The molecule has 1 fully saturated rings. The fourth-order valence-electron chi connectivity index (χ4n) is 2.08. The number of anilines is 1. The summed E-state index contributed by atoms with van der Waals surface area (Å²) in [4.78, 5) is 14.9. The Morgan fingerprint density at radius 3 is 3.00 bits per heavy atom. The molecule has 2 heterocycles. The van der Waals surface area contributed by atoms with Gasteiger partial charge in [0.2, 0.25) is 5.72 Å². The number of nitrogens with two attached hydrogens (primary N) is 1. The number of hydrogen-bond donors (Lipinski definition) is 4. The Morgan fingerprint density at radius 1 is 1.68 bits per heavy atom. The number of halogens is 1. The van der Waals surface area contributed by atoms with E-state index < -0.39 is 41.9 Å². The molecular formula is C10H14FN3O5. The summed E-state index contributed by atoms with van der Waals surface area (Å²) in [7, 11) is 0.